The first kappa shape index (κ1) is 38.0. The number of fused-ring (bicyclic) bond motifs is 3. The highest BCUT2D eigenvalue weighted by Gasteiger charge is 2.53. The van der Waals surface area contributed by atoms with Gasteiger partial charge < -0.3 is 24.4 Å². The summed E-state index contributed by atoms with van der Waals surface area (Å²) in [7, 11) is 1.70. The number of carbonyl (C=O) groups is 5. The number of imide groups is 2. The van der Waals surface area contributed by atoms with Crippen LogP contribution >= 0.6 is 0 Å². The minimum absolute atomic E-state index is 0.0548. The summed E-state index contributed by atoms with van der Waals surface area (Å²) in [5.41, 5.74) is 3.45. The van der Waals surface area contributed by atoms with Gasteiger partial charge in [-0.25, -0.2) is 0 Å². The van der Waals surface area contributed by atoms with Crippen LogP contribution in [0.5, 0.6) is 0 Å². The number of amides is 4. The normalized spacial score (nSPS) is 33.2. The second-order valence-electron chi connectivity index (χ2n) is 15.5. The molecule has 0 bridgehead atoms. The predicted octanol–water partition coefficient (Wildman–Crippen LogP) is 3.67. The number of aliphatic hydroxyl groups excluding tert-OH is 2. The van der Waals surface area contributed by atoms with Crippen LogP contribution in [-0.4, -0.2) is 96.0 Å². The van der Waals surface area contributed by atoms with Gasteiger partial charge in [0.05, 0.1) is 36.5 Å². The van der Waals surface area contributed by atoms with Gasteiger partial charge in [-0.3, -0.25) is 34.2 Å². The Bertz CT molecular complexity index is 1680. The molecule has 0 spiro atoms. The summed E-state index contributed by atoms with van der Waals surface area (Å²) in [6, 6.07) is 4.11. The van der Waals surface area contributed by atoms with Crippen LogP contribution in [-0.2, 0) is 35.0 Å². The SMILES string of the molecule is COC[C@H]1CC[C@@H]2/C1=C\[C@]1(C)C(=C([C@H](C)COC(C)=O)C[C@@H]1O)[C@@H](OCCCCc1cccc3c1C(=O)N(C1CCC(=O)NC1=O)C3=O)[C@H](O)[C@@H]2C. The number of aryl methyl sites for hydroxylation is 1. The van der Waals surface area contributed by atoms with Crippen LogP contribution in [0.15, 0.2) is 41.0 Å². The molecular weight excluding hydrogens is 668 g/mol. The standard InChI is InChI=1S/C40H52N2O10/c1-21(19-52-23(3)43)28-17-31(44)40(4)18-29-25(20-50-5)12-13-26(29)22(2)35(46)36(34(28)40)51-16-7-6-9-24-10-8-11-27-33(24)39(49)42(38(27)48)30-14-15-32(45)41-37(30)47/h8,10-11,18,21-22,25-26,30-31,35-36,44,46H,6-7,9,12-17,19-20H2,1-5H3,(H,41,45,47)/b29-18-/t21-,22-,25-,26+,30?,31+,35-,36-,40+/m1/s1. The van der Waals surface area contributed by atoms with Crippen molar-refractivity contribution in [2.45, 2.75) is 103 Å². The third-order valence-corrected chi connectivity index (χ3v) is 12.2. The first-order valence-electron chi connectivity index (χ1n) is 18.7. The molecule has 1 unspecified atom stereocenters. The molecule has 2 fully saturated rings. The van der Waals surface area contributed by atoms with Crippen LogP contribution in [0.2, 0.25) is 0 Å². The monoisotopic (exact) mass is 720 g/mol. The van der Waals surface area contributed by atoms with E-state index in [2.05, 4.69) is 18.3 Å². The van der Waals surface area contributed by atoms with E-state index in [4.69, 9.17) is 14.2 Å². The summed E-state index contributed by atoms with van der Waals surface area (Å²) < 4.78 is 17.6. The Balaban J connectivity index is 1.21. The molecule has 282 valence electrons. The summed E-state index contributed by atoms with van der Waals surface area (Å²) in [4.78, 5) is 63.8. The van der Waals surface area contributed by atoms with Gasteiger partial charge in [0.2, 0.25) is 11.8 Å². The van der Waals surface area contributed by atoms with E-state index in [0.29, 0.717) is 50.0 Å². The van der Waals surface area contributed by atoms with Gasteiger partial charge in [0.25, 0.3) is 11.8 Å². The van der Waals surface area contributed by atoms with Gasteiger partial charge >= 0.3 is 5.97 Å². The average molecular weight is 721 g/mol. The lowest BCUT2D eigenvalue weighted by atomic mass is 9.68. The van der Waals surface area contributed by atoms with Crippen molar-refractivity contribution in [1.82, 2.24) is 10.2 Å². The van der Waals surface area contributed by atoms with E-state index >= 15 is 0 Å². The number of aliphatic hydroxyl groups is 2. The fourth-order valence-corrected chi connectivity index (χ4v) is 9.35. The number of rotatable bonds is 12. The molecule has 0 radical (unpaired) electrons. The van der Waals surface area contributed by atoms with Crippen molar-refractivity contribution >= 4 is 29.6 Å². The van der Waals surface area contributed by atoms with Crippen LogP contribution in [0.4, 0.5) is 0 Å². The van der Waals surface area contributed by atoms with Crippen LogP contribution in [0.25, 0.3) is 0 Å². The molecule has 9 atom stereocenters. The number of nitrogens with one attached hydrogen (secondary N) is 1. The second kappa shape index (κ2) is 15.3. The van der Waals surface area contributed by atoms with E-state index < -0.39 is 53.4 Å². The molecule has 12 heteroatoms. The Morgan fingerprint density at radius 3 is 2.58 bits per heavy atom. The molecule has 1 saturated heterocycles. The molecule has 3 aliphatic carbocycles. The summed E-state index contributed by atoms with van der Waals surface area (Å²) >= 11 is 0. The summed E-state index contributed by atoms with van der Waals surface area (Å²) in [6.45, 7) is 8.47. The lowest BCUT2D eigenvalue weighted by Crippen LogP contribution is -2.54. The predicted molar refractivity (Wildman–Crippen MR) is 189 cm³/mol. The largest absolute Gasteiger partial charge is 0.465 e. The Morgan fingerprint density at radius 2 is 1.87 bits per heavy atom. The average Bonchev–Trinajstić information content (AvgIpc) is 3.70. The van der Waals surface area contributed by atoms with E-state index in [1.165, 1.54) is 12.5 Å². The van der Waals surface area contributed by atoms with Crippen LogP contribution in [0.3, 0.4) is 0 Å². The van der Waals surface area contributed by atoms with Crippen molar-refractivity contribution in [1.29, 1.82) is 0 Å². The van der Waals surface area contributed by atoms with E-state index in [1.54, 1.807) is 19.2 Å². The van der Waals surface area contributed by atoms with Gasteiger partial charge in [0, 0.05) is 44.3 Å². The zero-order valence-electron chi connectivity index (χ0n) is 30.8. The minimum Gasteiger partial charge on any atom is -0.465 e. The summed E-state index contributed by atoms with van der Waals surface area (Å²) in [6.07, 6.45) is 3.99. The summed E-state index contributed by atoms with van der Waals surface area (Å²) in [5.74, 6) is -2.51. The van der Waals surface area contributed by atoms with Crippen LogP contribution in [0, 0.1) is 29.1 Å². The Hall–Kier alpha value is -3.71. The van der Waals surface area contributed by atoms with E-state index in [1.807, 2.05) is 19.9 Å². The molecule has 12 nitrogen and oxygen atoms in total. The van der Waals surface area contributed by atoms with Crippen LogP contribution < -0.4 is 5.32 Å². The molecule has 2 aliphatic heterocycles. The molecule has 3 N–H and O–H groups in total. The van der Waals surface area contributed by atoms with Gasteiger partial charge in [-0.1, -0.05) is 43.2 Å². The van der Waals surface area contributed by atoms with Gasteiger partial charge in [0.15, 0.2) is 0 Å². The molecule has 1 saturated carbocycles. The quantitative estimate of drug-likeness (QED) is 0.125. The highest BCUT2D eigenvalue weighted by Crippen LogP contribution is 2.55. The highest BCUT2D eigenvalue weighted by molar-refractivity contribution is 6.24. The van der Waals surface area contributed by atoms with E-state index in [-0.39, 0.29) is 54.7 Å². The number of hydrogen-bond acceptors (Lipinski definition) is 10. The molecule has 2 heterocycles. The number of methoxy groups -OCH3 is 1. The topological polar surface area (TPSA) is 169 Å². The molecule has 4 amide bonds. The number of carbonyl (C=O) groups excluding carboxylic acids is 5. The fraction of sp³-hybridized carbons (Fsp3) is 0.625. The van der Waals surface area contributed by atoms with Crippen molar-refractivity contribution in [2.75, 3.05) is 26.9 Å². The van der Waals surface area contributed by atoms with Gasteiger partial charge in [0.1, 0.15) is 12.1 Å². The van der Waals surface area contributed by atoms with E-state index in [0.717, 1.165) is 28.9 Å². The third kappa shape index (κ3) is 6.90. The maximum absolute atomic E-state index is 13.6. The van der Waals surface area contributed by atoms with Crippen molar-refractivity contribution in [3.05, 3.63) is 57.7 Å². The molecule has 1 aromatic rings. The van der Waals surface area contributed by atoms with Crippen molar-refractivity contribution in [3.8, 4) is 0 Å². The van der Waals surface area contributed by atoms with Gasteiger partial charge in [-0.2, -0.15) is 0 Å². The smallest absolute Gasteiger partial charge is 0.302 e. The maximum atomic E-state index is 13.6. The second-order valence-corrected chi connectivity index (χ2v) is 15.5. The van der Waals surface area contributed by atoms with Gasteiger partial charge in [-0.05, 0) is 80.9 Å². The van der Waals surface area contributed by atoms with E-state index in [9.17, 15) is 34.2 Å². The molecule has 0 aromatic heterocycles. The number of hydrogen-bond donors (Lipinski definition) is 3. The number of piperidine rings is 1. The number of benzene rings is 1. The van der Waals surface area contributed by atoms with Crippen molar-refractivity contribution in [3.63, 3.8) is 0 Å². The number of ether oxygens (including phenoxy) is 3. The van der Waals surface area contributed by atoms with Gasteiger partial charge in [-0.15, -0.1) is 0 Å². The molecule has 5 aliphatic rings. The number of unbranched alkanes of at least 4 members (excludes halogenated alkanes) is 1. The third-order valence-electron chi connectivity index (χ3n) is 12.2. The number of nitrogens with zero attached hydrogens (tertiary/aromatic N) is 1. The number of esters is 1. The van der Waals surface area contributed by atoms with Crippen LogP contribution in [0.1, 0.15) is 98.9 Å². The maximum Gasteiger partial charge on any atom is 0.302 e. The zero-order valence-corrected chi connectivity index (χ0v) is 30.8. The molecule has 6 rings (SSSR count). The molecule has 1 aromatic carbocycles. The lowest BCUT2D eigenvalue weighted by molar-refractivity contribution is -0.142. The Kier molecular flexibility index (Phi) is 11.2. The Labute approximate surface area is 304 Å². The lowest BCUT2D eigenvalue weighted by Gasteiger charge is -2.43. The van der Waals surface area contributed by atoms with Crippen molar-refractivity contribution in [2.24, 2.45) is 29.1 Å². The highest BCUT2D eigenvalue weighted by atomic mass is 16.5. The first-order chi connectivity index (χ1) is 24.8. The van der Waals surface area contributed by atoms with Crippen molar-refractivity contribution < 1.29 is 48.4 Å². The zero-order chi connectivity index (χ0) is 37.5. The fourth-order valence-electron chi connectivity index (χ4n) is 9.35. The Morgan fingerprint density at radius 1 is 1.10 bits per heavy atom. The molecule has 52 heavy (non-hydrogen) atoms. The molecular formula is C40H52N2O10. The first-order valence-corrected chi connectivity index (χ1v) is 18.7. The minimum atomic E-state index is -1.03. The summed E-state index contributed by atoms with van der Waals surface area (Å²) in [5, 5.41) is 26.1.